The van der Waals surface area contributed by atoms with Crippen molar-refractivity contribution >= 4 is 39.8 Å². The summed E-state index contributed by atoms with van der Waals surface area (Å²) in [7, 11) is 0.707. The Morgan fingerprint density at radius 2 is 2.26 bits per heavy atom. The van der Waals surface area contributed by atoms with Gasteiger partial charge in [0.25, 0.3) is 0 Å². The van der Waals surface area contributed by atoms with Gasteiger partial charge in [-0.15, -0.1) is 24.0 Å². The molecular formula is C14H26IN5O2S. The van der Waals surface area contributed by atoms with Gasteiger partial charge < -0.3 is 10.2 Å². The number of aryl methyl sites for hydroxylation is 1. The smallest absolute Gasteiger partial charge is 0.193 e. The zero-order chi connectivity index (χ0) is 16.2. The predicted octanol–water partition coefficient (Wildman–Crippen LogP) is 0.837. The van der Waals surface area contributed by atoms with Crippen LogP contribution in [0, 0.1) is 0 Å². The number of aliphatic imine (C=N–C) groups is 1. The van der Waals surface area contributed by atoms with Gasteiger partial charge in [-0.05, 0) is 12.0 Å². The van der Waals surface area contributed by atoms with E-state index in [0.29, 0.717) is 12.5 Å². The molecule has 0 bridgehead atoms. The number of likely N-dealkylation sites (tertiary alicyclic amines) is 1. The van der Waals surface area contributed by atoms with Crippen LogP contribution in [0.1, 0.15) is 24.8 Å². The number of rotatable bonds is 5. The highest BCUT2D eigenvalue weighted by molar-refractivity contribution is 14.0. The molecule has 0 amide bonds. The first kappa shape index (κ1) is 20.2. The average molecular weight is 455 g/mol. The van der Waals surface area contributed by atoms with E-state index in [0.717, 1.165) is 25.5 Å². The van der Waals surface area contributed by atoms with Gasteiger partial charge in [0, 0.05) is 51.6 Å². The van der Waals surface area contributed by atoms with E-state index in [1.807, 2.05) is 17.9 Å². The van der Waals surface area contributed by atoms with E-state index in [1.54, 1.807) is 14.0 Å². The lowest BCUT2D eigenvalue weighted by atomic mass is 10.0. The minimum atomic E-state index is -2.94. The van der Waals surface area contributed by atoms with E-state index in [1.165, 1.54) is 5.56 Å². The molecule has 0 radical (unpaired) electrons. The second-order valence-electron chi connectivity index (χ2n) is 5.59. The highest BCUT2D eigenvalue weighted by Crippen LogP contribution is 2.26. The van der Waals surface area contributed by atoms with E-state index in [9.17, 15) is 8.42 Å². The number of hydrogen-bond acceptors (Lipinski definition) is 4. The van der Waals surface area contributed by atoms with E-state index < -0.39 is 9.84 Å². The summed E-state index contributed by atoms with van der Waals surface area (Å²) in [6, 6.07) is 0. The first-order valence-corrected chi connectivity index (χ1v) is 9.42. The molecule has 1 aliphatic rings. The SMILES string of the molecule is CCS(=O)(=O)CCNC(=NC)N1CCC(c2cnn(C)c2)C1.I. The summed E-state index contributed by atoms with van der Waals surface area (Å²) >= 11 is 0. The lowest BCUT2D eigenvalue weighted by molar-refractivity contribution is 0.488. The maximum absolute atomic E-state index is 11.5. The van der Waals surface area contributed by atoms with Gasteiger partial charge in [0.1, 0.15) is 0 Å². The molecule has 1 N–H and O–H groups in total. The van der Waals surface area contributed by atoms with Crippen LogP contribution in [0.5, 0.6) is 0 Å². The Balaban J connectivity index is 0.00000264. The molecule has 0 aliphatic carbocycles. The lowest BCUT2D eigenvalue weighted by Gasteiger charge is -2.21. The predicted molar refractivity (Wildman–Crippen MR) is 103 cm³/mol. The molecule has 1 atom stereocenters. The Morgan fingerprint density at radius 3 is 2.83 bits per heavy atom. The largest absolute Gasteiger partial charge is 0.355 e. The zero-order valence-corrected chi connectivity index (χ0v) is 17.0. The Hall–Kier alpha value is -0.840. The van der Waals surface area contributed by atoms with Crippen molar-refractivity contribution in [2.75, 3.05) is 38.2 Å². The lowest BCUT2D eigenvalue weighted by Crippen LogP contribution is -2.41. The summed E-state index contributed by atoms with van der Waals surface area (Å²) in [6.07, 6.45) is 5.02. The van der Waals surface area contributed by atoms with Crippen LogP contribution in [-0.4, -0.2) is 67.2 Å². The summed E-state index contributed by atoms with van der Waals surface area (Å²) in [6.45, 7) is 3.87. The van der Waals surface area contributed by atoms with Crippen molar-refractivity contribution in [3.63, 3.8) is 0 Å². The van der Waals surface area contributed by atoms with Crippen molar-refractivity contribution in [1.82, 2.24) is 20.0 Å². The van der Waals surface area contributed by atoms with Gasteiger partial charge in [-0.25, -0.2) is 8.42 Å². The van der Waals surface area contributed by atoms with E-state index in [4.69, 9.17) is 0 Å². The van der Waals surface area contributed by atoms with Crippen LogP contribution in [0.3, 0.4) is 0 Å². The van der Waals surface area contributed by atoms with Gasteiger partial charge in [0.15, 0.2) is 15.8 Å². The van der Waals surface area contributed by atoms with Crippen LogP contribution in [-0.2, 0) is 16.9 Å². The van der Waals surface area contributed by atoms with Crippen molar-refractivity contribution < 1.29 is 8.42 Å². The minimum absolute atomic E-state index is 0. The van der Waals surface area contributed by atoms with Crippen molar-refractivity contribution in [3.8, 4) is 0 Å². The minimum Gasteiger partial charge on any atom is -0.355 e. The third-order valence-corrected chi connectivity index (χ3v) is 5.74. The molecule has 1 aliphatic heterocycles. The monoisotopic (exact) mass is 455 g/mol. The van der Waals surface area contributed by atoms with Gasteiger partial charge in [0.05, 0.1) is 11.9 Å². The van der Waals surface area contributed by atoms with Crippen molar-refractivity contribution in [2.24, 2.45) is 12.0 Å². The first-order chi connectivity index (χ1) is 10.4. The Labute approximate surface area is 155 Å². The van der Waals surface area contributed by atoms with Crippen LogP contribution >= 0.6 is 24.0 Å². The molecule has 0 spiro atoms. The zero-order valence-electron chi connectivity index (χ0n) is 13.9. The molecule has 23 heavy (non-hydrogen) atoms. The van der Waals surface area contributed by atoms with E-state index >= 15 is 0 Å². The summed E-state index contributed by atoms with van der Waals surface area (Å²) in [5, 5.41) is 7.38. The van der Waals surface area contributed by atoms with E-state index in [2.05, 4.69) is 26.5 Å². The van der Waals surface area contributed by atoms with Crippen molar-refractivity contribution in [1.29, 1.82) is 0 Å². The standard InChI is InChI=1S/C14H25N5O2S.HI/c1-4-22(20,21)8-6-16-14(15-2)19-7-5-12(11-19)13-9-17-18(3)10-13;/h9-10,12H,4-8,11H2,1-3H3,(H,15,16);1H. The van der Waals surface area contributed by atoms with Gasteiger partial charge >= 0.3 is 0 Å². The van der Waals surface area contributed by atoms with Crippen LogP contribution in [0.2, 0.25) is 0 Å². The fourth-order valence-corrected chi connectivity index (χ4v) is 3.37. The molecule has 2 heterocycles. The highest BCUT2D eigenvalue weighted by atomic mass is 127. The second kappa shape index (κ2) is 8.86. The van der Waals surface area contributed by atoms with Crippen molar-refractivity contribution in [3.05, 3.63) is 18.0 Å². The van der Waals surface area contributed by atoms with Crippen LogP contribution in [0.25, 0.3) is 0 Å². The summed E-state index contributed by atoms with van der Waals surface area (Å²) in [5.74, 6) is 1.55. The molecule has 0 aromatic carbocycles. The fraction of sp³-hybridized carbons (Fsp3) is 0.714. The van der Waals surface area contributed by atoms with Crippen LogP contribution in [0.4, 0.5) is 0 Å². The number of hydrogen-bond donors (Lipinski definition) is 1. The van der Waals surface area contributed by atoms with Crippen LogP contribution in [0.15, 0.2) is 17.4 Å². The molecule has 7 nitrogen and oxygen atoms in total. The van der Waals surface area contributed by atoms with Crippen LogP contribution < -0.4 is 5.32 Å². The third kappa shape index (κ3) is 5.63. The van der Waals surface area contributed by atoms with Crippen molar-refractivity contribution in [2.45, 2.75) is 19.3 Å². The average Bonchev–Trinajstić information content (AvgIpc) is 3.12. The maximum atomic E-state index is 11.5. The third-order valence-electron chi connectivity index (χ3n) is 4.03. The summed E-state index contributed by atoms with van der Waals surface area (Å²) in [4.78, 5) is 6.44. The summed E-state index contributed by atoms with van der Waals surface area (Å²) < 4.78 is 24.9. The Bertz CT molecular complexity index is 629. The molecule has 1 saturated heterocycles. The number of aromatic nitrogens is 2. The van der Waals surface area contributed by atoms with Gasteiger partial charge in [0.2, 0.25) is 0 Å². The topological polar surface area (TPSA) is 79.6 Å². The quantitative estimate of drug-likeness (QED) is 0.405. The molecule has 1 unspecified atom stereocenters. The molecule has 1 aromatic heterocycles. The molecule has 2 rings (SSSR count). The Kier molecular flexibility index (Phi) is 7.78. The van der Waals surface area contributed by atoms with Gasteiger partial charge in [-0.2, -0.15) is 5.10 Å². The maximum Gasteiger partial charge on any atom is 0.193 e. The first-order valence-electron chi connectivity index (χ1n) is 7.59. The number of guanidine groups is 1. The molecule has 0 saturated carbocycles. The normalized spacial score (nSPS) is 18.8. The van der Waals surface area contributed by atoms with Gasteiger partial charge in [-0.1, -0.05) is 6.92 Å². The van der Waals surface area contributed by atoms with E-state index in [-0.39, 0.29) is 35.5 Å². The fourth-order valence-electron chi connectivity index (χ4n) is 2.67. The molecule has 9 heteroatoms. The molecule has 1 fully saturated rings. The molecule has 1 aromatic rings. The molecule has 132 valence electrons. The number of halogens is 1. The highest BCUT2D eigenvalue weighted by Gasteiger charge is 2.26. The number of nitrogens with one attached hydrogen (secondary N) is 1. The summed E-state index contributed by atoms with van der Waals surface area (Å²) in [5.41, 5.74) is 1.24. The number of sulfone groups is 1. The molecular weight excluding hydrogens is 429 g/mol. The van der Waals surface area contributed by atoms with Gasteiger partial charge in [-0.3, -0.25) is 9.67 Å². The Morgan fingerprint density at radius 1 is 1.52 bits per heavy atom. The number of nitrogens with zero attached hydrogens (tertiary/aromatic N) is 4. The second-order valence-corrected chi connectivity index (χ2v) is 8.06.